The Balaban J connectivity index is 1.91. The molecule has 0 radical (unpaired) electrons. The van der Waals surface area contributed by atoms with Gasteiger partial charge in [-0.2, -0.15) is 0 Å². The zero-order chi connectivity index (χ0) is 15.2. The van der Waals surface area contributed by atoms with Crippen molar-refractivity contribution in [3.05, 3.63) is 59.3 Å². The van der Waals surface area contributed by atoms with Gasteiger partial charge in [0.2, 0.25) is 5.91 Å². The number of carbonyl (C=O) groups is 2. The van der Waals surface area contributed by atoms with Crippen LogP contribution in [0.1, 0.15) is 27.4 Å². The fourth-order valence-electron chi connectivity index (χ4n) is 1.72. The van der Waals surface area contributed by atoms with Gasteiger partial charge in [0.15, 0.2) is 0 Å². The third kappa shape index (κ3) is 4.04. The molecule has 0 spiro atoms. The number of aromatic carboxylic acids is 1. The molecule has 0 unspecified atom stereocenters. The number of carboxylic acid groups (broad SMARTS) is 1. The van der Waals surface area contributed by atoms with Gasteiger partial charge in [-0.05, 0) is 30.7 Å². The summed E-state index contributed by atoms with van der Waals surface area (Å²) in [6, 6.07) is 5.01. The molecule has 108 valence electrons. The molecule has 2 N–H and O–H groups in total. The van der Waals surface area contributed by atoms with Crippen LogP contribution in [0.5, 0.6) is 0 Å². The van der Waals surface area contributed by atoms with Crippen molar-refractivity contribution in [1.82, 2.24) is 10.3 Å². The standard InChI is InChI=1S/C15H14N2O4/c1-10-13(15(19)20)7-12(21-10)9-17-14(18)5-4-11-3-2-6-16-8-11/h2-8H,9H2,1H3,(H,17,18)(H,19,20)/b5-4+. The highest BCUT2D eigenvalue weighted by atomic mass is 16.4. The van der Waals surface area contributed by atoms with Crippen LogP contribution in [0.15, 0.2) is 41.1 Å². The second-order valence-corrected chi connectivity index (χ2v) is 4.33. The Morgan fingerprint density at radius 2 is 2.29 bits per heavy atom. The average Bonchev–Trinajstić information content (AvgIpc) is 2.85. The highest BCUT2D eigenvalue weighted by molar-refractivity contribution is 5.91. The van der Waals surface area contributed by atoms with Gasteiger partial charge >= 0.3 is 5.97 Å². The van der Waals surface area contributed by atoms with Crippen LogP contribution in [0.4, 0.5) is 0 Å². The van der Waals surface area contributed by atoms with Gasteiger partial charge in [-0.25, -0.2) is 4.79 Å². The van der Waals surface area contributed by atoms with E-state index in [0.717, 1.165) is 5.56 Å². The summed E-state index contributed by atoms with van der Waals surface area (Å²) < 4.78 is 5.26. The van der Waals surface area contributed by atoms with Gasteiger partial charge in [0.1, 0.15) is 17.1 Å². The van der Waals surface area contributed by atoms with E-state index in [9.17, 15) is 9.59 Å². The number of aryl methyl sites for hydroxylation is 1. The van der Waals surface area contributed by atoms with Crippen molar-refractivity contribution in [3.8, 4) is 0 Å². The zero-order valence-electron chi connectivity index (χ0n) is 11.4. The molecule has 0 aliphatic carbocycles. The Hall–Kier alpha value is -2.89. The quantitative estimate of drug-likeness (QED) is 0.820. The van der Waals surface area contributed by atoms with E-state index in [0.29, 0.717) is 11.5 Å². The molecule has 21 heavy (non-hydrogen) atoms. The van der Waals surface area contributed by atoms with Gasteiger partial charge in [-0.15, -0.1) is 0 Å². The van der Waals surface area contributed by atoms with Crippen LogP contribution in [0.2, 0.25) is 0 Å². The topological polar surface area (TPSA) is 92.4 Å². The first-order valence-corrected chi connectivity index (χ1v) is 6.25. The first-order valence-electron chi connectivity index (χ1n) is 6.25. The van der Waals surface area contributed by atoms with Crippen molar-refractivity contribution < 1.29 is 19.1 Å². The second-order valence-electron chi connectivity index (χ2n) is 4.33. The summed E-state index contributed by atoms with van der Waals surface area (Å²) >= 11 is 0. The summed E-state index contributed by atoms with van der Waals surface area (Å²) in [6.45, 7) is 1.70. The van der Waals surface area contributed by atoms with Crippen molar-refractivity contribution in [2.24, 2.45) is 0 Å². The molecule has 2 rings (SSSR count). The first kappa shape index (κ1) is 14.5. The molecule has 2 aromatic rings. The number of carboxylic acids is 1. The lowest BCUT2D eigenvalue weighted by Gasteiger charge is -1.98. The first-order chi connectivity index (χ1) is 10.1. The molecule has 1 amide bonds. The van der Waals surface area contributed by atoms with Crippen molar-refractivity contribution in [1.29, 1.82) is 0 Å². The maximum absolute atomic E-state index is 11.6. The number of hydrogen-bond acceptors (Lipinski definition) is 4. The Bertz CT molecular complexity index is 674. The van der Waals surface area contributed by atoms with Crippen LogP contribution in [-0.2, 0) is 11.3 Å². The van der Waals surface area contributed by atoms with E-state index in [1.807, 2.05) is 6.07 Å². The molecule has 0 aliphatic rings. The minimum atomic E-state index is -1.05. The molecule has 0 aromatic carbocycles. The third-order valence-electron chi connectivity index (χ3n) is 2.75. The molecule has 0 fully saturated rings. The van der Waals surface area contributed by atoms with E-state index in [2.05, 4.69) is 10.3 Å². The van der Waals surface area contributed by atoms with Crippen molar-refractivity contribution >= 4 is 18.0 Å². The Labute approximate surface area is 121 Å². The Morgan fingerprint density at radius 1 is 1.48 bits per heavy atom. The maximum Gasteiger partial charge on any atom is 0.339 e. The molecule has 0 atom stereocenters. The monoisotopic (exact) mass is 286 g/mol. The van der Waals surface area contributed by atoms with Crippen molar-refractivity contribution in [2.75, 3.05) is 0 Å². The van der Waals surface area contributed by atoms with Crippen molar-refractivity contribution in [3.63, 3.8) is 0 Å². The number of nitrogens with one attached hydrogen (secondary N) is 1. The molecule has 0 saturated heterocycles. The lowest BCUT2D eigenvalue weighted by molar-refractivity contribution is -0.116. The van der Waals surface area contributed by atoms with E-state index in [-0.39, 0.29) is 18.0 Å². The largest absolute Gasteiger partial charge is 0.478 e. The minimum absolute atomic E-state index is 0.102. The molecule has 6 nitrogen and oxygen atoms in total. The minimum Gasteiger partial charge on any atom is -0.478 e. The third-order valence-corrected chi connectivity index (χ3v) is 2.75. The summed E-state index contributed by atoms with van der Waals surface area (Å²) in [7, 11) is 0. The number of nitrogens with zero attached hydrogens (tertiary/aromatic N) is 1. The van der Waals surface area contributed by atoms with Gasteiger partial charge in [-0.3, -0.25) is 9.78 Å². The number of pyridine rings is 1. The van der Waals surface area contributed by atoms with Gasteiger partial charge in [-0.1, -0.05) is 6.07 Å². The van der Waals surface area contributed by atoms with E-state index >= 15 is 0 Å². The summed E-state index contributed by atoms with van der Waals surface area (Å²) in [5, 5.41) is 11.5. The van der Waals surface area contributed by atoms with E-state index in [1.165, 1.54) is 12.1 Å². The highest BCUT2D eigenvalue weighted by Crippen LogP contribution is 2.14. The van der Waals surface area contributed by atoms with Crippen molar-refractivity contribution in [2.45, 2.75) is 13.5 Å². The van der Waals surface area contributed by atoms with Gasteiger partial charge < -0.3 is 14.8 Å². The smallest absolute Gasteiger partial charge is 0.339 e. The zero-order valence-corrected chi connectivity index (χ0v) is 11.4. The molecule has 2 heterocycles. The number of rotatable bonds is 5. The summed E-state index contributed by atoms with van der Waals surface area (Å²) in [5.74, 6) is -0.638. The molecule has 2 aromatic heterocycles. The van der Waals surface area contributed by atoms with Crippen LogP contribution in [0.25, 0.3) is 6.08 Å². The molecule has 0 saturated carbocycles. The highest BCUT2D eigenvalue weighted by Gasteiger charge is 2.13. The average molecular weight is 286 g/mol. The summed E-state index contributed by atoms with van der Waals surface area (Å²) in [6.07, 6.45) is 6.30. The van der Waals surface area contributed by atoms with Crippen LogP contribution >= 0.6 is 0 Å². The Morgan fingerprint density at radius 3 is 2.90 bits per heavy atom. The Kier molecular flexibility index (Phi) is 4.50. The number of furan rings is 1. The summed E-state index contributed by atoms with van der Waals surface area (Å²) in [5.41, 5.74) is 0.916. The summed E-state index contributed by atoms with van der Waals surface area (Å²) in [4.78, 5) is 26.4. The van der Waals surface area contributed by atoms with Crippen LogP contribution in [0, 0.1) is 6.92 Å². The van der Waals surface area contributed by atoms with Crippen LogP contribution < -0.4 is 5.32 Å². The SMILES string of the molecule is Cc1oc(CNC(=O)/C=C/c2cccnc2)cc1C(=O)O. The van der Waals surface area contributed by atoms with Gasteiger partial charge in [0.05, 0.1) is 6.54 Å². The maximum atomic E-state index is 11.6. The predicted molar refractivity (Wildman–Crippen MR) is 75.5 cm³/mol. The molecule has 0 aliphatic heterocycles. The van der Waals surface area contributed by atoms with Gasteiger partial charge in [0, 0.05) is 18.5 Å². The number of aromatic nitrogens is 1. The molecular formula is C15H14N2O4. The number of carbonyl (C=O) groups excluding carboxylic acids is 1. The van der Waals surface area contributed by atoms with E-state index in [1.54, 1.807) is 31.5 Å². The molecule has 6 heteroatoms. The van der Waals surface area contributed by atoms with E-state index in [4.69, 9.17) is 9.52 Å². The van der Waals surface area contributed by atoms with Crippen LogP contribution in [0.3, 0.4) is 0 Å². The second kappa shape index (κ2) is 6.51. The normalized spacial score (nSPS) is 10.7. The predicted octanol–water partition coefficient (Wildman–Crippen LogP) is 2.01. The fraction of sp³-hybridized carbons (Fsp3) is 0.133. The lowest BCUT2D eigenvalue weighted by Crippen LogP contribution is -2.19. The van der Waals surface area contributed by atoms with E-state index < -0.39 is 5.97 Å². The van der Waals surface area contributed by atoms with Crippen LogP contribution in [-0.4, -0.2) is 22.0 Å². The molecular weight excluding hydrogens is 272 g/mol. The number of hydrogen-bond donors (Lipinski definition) is 2. The fourth-order valence-corrected chi connectivity index (χ4v) is 1.72. The molecule has 0 bridgehead atoms. The lowest BCUT2D eigenvalue weighted by atomic mass is 10.2. The number of amides is 1. The van der Waals surface area contributed by atoms with Gasteiger partial charge in [0.25, 0.3) is 0 Å².